The normalized spacial score (nSPS) is 10.1. The predicted octanol–water partition coefficient (Wildman–Crippen LogP) is 3.33. The fraction of sp³-hybridized carbons (Fsp3) is 0.312. The zero-order chi connectivity index (χ0) is 14.9. The number of carbonyl (C=O) groups excluding carboxylic acids is 1. The van der Waals surface area contributed by atoms with E-state index in [4.69, 9.17) is 0 Å². The van der Waals surface area contributed by atoms with E-state index >= 15 is 0 Å². The van der Waals surface area contributed by atoms with Crippen LogP contribution >= 0.6 is 0 Å². The van der Waals surface area contributed by atoms with Gasteiger partial charge in [0.2, 0.25) is 0 Å². The SMILES string of the molecule is CCCCCNc1ccc(NC(=O)c2cccnc2)cn1. The smallest absolute Gasteiger partial charge is 0.257 e. The van der Waals surface area contributed by atoms with Crippen molar-refractivity contribution in [3.8, 4) is 0 Å². The second-order valence-electron chi connectivity index (χ2n) is 4.76. The summed E-state index contributed by atoms with van der Waals surface area (Å²) >= 11 is 0. The Hall–Kier alpha value is -2.43. The molecule has 110 valence electrons. The Morgan fingerprint density at radius 2 is 2.10 bits per heavy atom. The standard InChI is InChI=1S/C16H20N4O/c1-2-3-4-10-18-15-8-7-14(12-19-15)20-16(21)13-6-5-9-17-11-13/h5-9,11-12H,2-4,10H2,1H3,(H,18,19)(H,20,21). The van der Waals surface area contributed by atoms with E-state index in [1.54, 1.807) is 24.5 Å². The Balaban J connectivity index is 1.86. The summed E-state index contributed by atoms with van der Waals surface area (Å²) in [6.45, 7) is 3.10. The molecular formula is C16H20N4O. The lowest BCUT2D eigenvalue weighted by Gasteiger charge is -2.07. The fourth-order valence-corrected chi connectivity index (χ4v) is 1.86. The third-order valence-corrected chi connectivity index (χ3v) is 3.03. The van der Waals surface area contributed by atoms with Crippen molar-refractivity contribution in [3.05, 3.63) is 48.4 Å². The maximum atomic E-state index is 11.9. The van der Waals surface area contributed by atoms with E-state index in [-0.39, 0.29) is 5.91 Å². The summed E-state index contributed by atoms with van der Waals surface area (Å²) in [5, 5.41) is 6.05. The number of unbranched alkanes of at least 4 members (excludes halogenated alkanes) is 2. The fourth-order valence-electron chi connectivity index (χ4n) is 1.86. The molecule has 0 atom stereocenters. The molecule has 0 bridgehead atoms. The average molecular weight is 284 g/mol. The summed E-state index contributed by atoms with van der Waals surface area (Å²) in [6.07, 6.45) is 8.37. The number of anilines is 2. The van der Waals surface area contributed by atoms with Gasteiger partial charge in [0.15, 0.2) is 0 Å². The van der Waals surface area contributed by atoms with Crippen LogP contribution in [0.5, 0.6) is 0 Å². The van der Waals surface area contributed by atoms with E-state index in [1.807, 2.05) is 12.1 Å². The monoisotopic (exact) mass is 284 g/mol. The Morgan fingerprint density at radius 1 is 1.19 bits per heavy atom. The molecule has 2 aromatic rings. The molecule has 0 unspecified atom stereocenters. The minimum Gasteiger partial charge on any atom is -0.370 e. The molecule has 0 aliphatic rings. The van der Waals surface area contributed by atoms with Crippen molar-refractivity contribution in [1.82, 2.24) is 9.97 Å². The van der Waals surface area contributed by atoms with Crippen LogP contribution in [0.4, 0.5) is 11.5 Å². The molecule has 2 heterocycles. The van der Waals surface area contributed by atoms with E-state index in [0.29, 0.717) is 11.3 Å². The van der Waals surface area contributed by atoms with Crippen LogP contribution in [0.2, 0.25) is 0 Å². The summed E-state index contributed by atoms with van der Waals surface area (Å²) in [6, 6.07) is 7.16. The van der Waals surface area contributed by atoms with Crippen LogP contribution < -0.4 is 10.6 Å². The van der Waals surface area contributed by atoms with Crippen molar-refractivity contribution in [1.29, 1.82) is 0 Å². The van der Waals surface area contributed by atoms with Crippen molar-refractivity contribution in [2.75, 3.05) is 17.2 Å². The van der Waals surface area contributed by atoms with Crippen molar-refractivity contribution in [2.45, 2.75) is 26.2 Å². The van der Waals surface area contributed by atoms with Crippen LogP contribution in [-0.4, -0.2) is 22.4 Å². The van der Waals surface area contributed by atoms with E-state index in [2.05, 4.69) is 27.5 Å². The summed E-state index contributed by atoms with van der Waals surface area (Å²) in [5.74, 6) is 0.638. The van der Waals surface area contributed by atoms with Gasteiger partial charge in [0.1, 0.15) is 5.82 Å². The van der Waals surface area contributed by atoms with Crippen LogP contribution in [0.25, 0.3) is 0 Å². The molecule has 0 aliphatic carbocycles. The number of hydrogen-bond donors (Lipinski definition) is 2. The van der Waals surface area contributed by atoms with Crippen LogP contribution in [0, 0.1) is 0 Å². The first kappa shape index (κ1) is 15.0. The van der Waals surface area contributed by atoms with Crippen LogP contribution in [0.1, 0.15) is 36.5 Å². The van der Waals surface area contributed by atoms with Gasteiger partial charge in [-0.2, -0.15) is 0 Å². The van der Waals surface area contributed by atoms with Gasteiger partial charge < -0.3 is 10.6 Å². The third kappa shape index (κ3) is 4.87. The van der Waals surface area contributed by atoms with Gasteiger partial charge in [-0.3, -0.25) is 9.78 Å². The highest BCUT2D eigenvalue weighted by molar-refractivity contribution is 6.03. The molecule has 2 aromatic heterocycles. The lowest BCUT2D eigenvalue weighted by atomic mass is 10.2. The quantitative estimate of drug-likeness (QED) is 0.765. The minimum absolute atomic E-state index is 0.187. The molecule has 1 amide bonds. The molecule has 2 rings (SSSR count). The molecule has 0 fully saturated rings. The van der Waals surface area contributed by atoms with Gasteiger partial charge in [0.05, 0.1) is 17.4 Å². The number of nitrogens with zero attached hydrogens (tertiary/aromatic N) is 2. The lowest BCUT2D eigenvalue weighted by Crippen LogP contribution is -2.12. The molecule has 0 spiro atoms. The number of nitrogens with one attached hydrogen (secondary N) is 2. The summed E-state index contributed by atoms with van der Waals surface area (Å²) < 4.78 is 0. The second-order valence-corrected chi connectivity index (χ2v) is 4.76. The van der Waals surface area contributed by atoms with Gasteiger partial charge in [0, 0.05) is 18.9 Å². The highest BCUT2D eigenvalue weighted by atomic mass is 16.1. The van der Waals surface area contributed by atoms with Crippen LogP contribution in [0.15, 0.2) is 42.9 Å². The number of rotatable bonds is 7. The molecule has 5 heteroatoms. The van der Waals surface area contributed by atoms with Crippen molar-refractivity contribution in [3.63, 3.8) is 0 Å². The largest absolute Gasteiger partial charge is 0.370 e. The molecule has 21 heavy (non-hydrogen) atoms. The highest BCUT2D eigenvalue weighted by Gasteiger charge is 2.05. The molecule has 0 aliphatic heterocycles. The summed E-state index contributed by atoms with van der Waals surface area (Å²) in [5.41, 5.74) is 1.20. The number of pyridine rings is 2. The average Bonchev–Trinajstić information content (AvgIpc) is 2.54. The predicted molar refractivity (Wildman–Crippen MR) is 84.4 cm³/mol. The van der Waals surface area contributed by atoms with E-state index < -0.39 is 0 Å². The Morgan fingerprint density at radius 3 is 2.76 bits per heavy atom. The second kappa shape index (κ2) is 7.99. The Kier molecular flexibility index (Phi) is 5.70. The minimum atomic E-state index is -0.187. The first-order valence-electron chi connectivity index (χ1n) is 7.21. The maximum absolute atomic E-state index is 11.9. The van der Waals surface area contributed by atoms with Crippen LogP contribution in [0.3, 0.4) is 0 Å². The maximum Gasteiger partial charge on any atom is 0.257 e. The molecule has 5 nitrogen and oxygen atoms in total. The van der Waals surface area contributed by atoms with Gasteiger partial charge in [-0.15, -0.1) is 0 Å². The topological polar surface area (TPSA) is 66.9 Å². The Labute approximate surface area is 124 Å². The zero-order valence-electron chi connectivity index (χ0n) is 12.2. The number of amides is 1. The number of aromatic nitrogens is 2. The first-order valence-corrected chi connectivity index (χ1v) is 7.21. The van der Waals surface area contributed by atoms with Gasteiger partial charge in [-0.1, -0.05) is 19.8 Å². The molecule has 2 N–H and O–H groups in total. The molecule has 0 saturated carbocycles. The summed E-state index contributed by atoms with van der Waals surface area (Å²) in [7, 11) is 0. The van der Waals surface area contributed by atoms with Gasteiger partial charge >= 0.3 is 0 Å². The molecule has 0 aromatic carbocycles. The van der Waals surface area contributed by atoms with E-state index in [1.165, 1.54) is 19.0 Å². The molecule has 0 radical (unpaired) electrons. The van der Waals surface area contributed by atoms with Gasteiger partial charge in [0.25, 0.3) is 5.91 Å². The van der Waals surface area contributed by atoms with Gasteiger partial charge in [-0.05, 0) is 30.7 Å². The van der Waals surface area contributed by atoms with Crippen molar-refractivity contribution >= 4 is 17.4 Å². The van der Waals surface area contributed by atoms with Crippen molar-refractivity contribution in [2.24, 2.45) is 0 Å². The van der Waals surface area contributed by atoms with E-state index in [0.717, 1.165) is 18.8 Å². The van der Waals surface area contributed by atoms with E-state index in [9.17, 15) is 4.79 Å². The summed E-state index contributed by atoms with van der Waals surface area (Å²) in [4.78, 5) is 20.2. The number of carbonyl (C=O) groups is 1. The van der Waals surface area contributed by atoms with Crippen molar-refractivity contribution < 1.29 is 4.79 Å². The Bertz CT molecular complexity index is 554. The molecular weight excluding hydrogens is 264 g/mol. The van der Waals surface area contributed by atoms with Crippen LogP contribution in [-0.2, 0) is 0 Å². The lowest BCUT2D eigenvalue weighted by molar-refractivity contribution is 0.102. The zero-order valence-corrected chi connectivity index (χ0v) is 12.2. The van der Waals surface area contributed by atoms with Gasteiger partial charge in [-0.25, -0.2) is 4.98 Å². The third-order valence-electron chi connectivity index (χ3n) is 3.03. The molecule has 0 saturated heterocycles. The number of hydrogen-bond acceptors (Lipinski definition) is 4. The highest BCUT2D eigenvalue weighted by Crippen LogP contribution is 2.11. The first-order chi connectivity index (χ1) is 10.3.